The van der Waals surface area contributed by atoms with Crippen LogP contribution in [0.25, 0.3) is 0 Å². The van der Waals surface area contributed by atoms with E-state index >= 15 is 0 Å². The Morgan fingerprint density at radius 1 is 1.25 bits per heavy atom. The van der Waals surface area contributed by atoms with Crippen molar-refractivity contribution in [1.29, 1.82) is 0 Å². The van der Waals surface area contributed by atoms with E-state index in [9.17, 15) is 9.18 Å². The molecule has 0 saturated carbocycles. The second kappa shape index (κ2) is 4.31. The van der Waals surface area contributed by atoms with Crippen LogP contribution in [0.4, 0.5) is 4.39 Å². The van der Waals surface area contributed by atoms with Crippen LogP contribution in [0.3, 0.4) is 0 Å². The highest BCUT2D eigenvalue weighted by Gasteiger charge is 2.02. The number of nitrogens with zero attached hydrogens (tertiary/aromatic N) is 1. The normalized spacial score (nSPS) is 10.4. The van der Waals surface area contributed by atoms with Crippen molar-refractivity contribution in [2.45, 2.75) is 13.5 Å². The molecule has 0 aliphatic carbocycles. The lowest BCUT2D eigenvalue weighted by molar-refractivity contribution is 0.101. The largest absolute Gasteiger partial charge is 0.349 e. The van der Waals surface area contributed by atoms with Crippen molar-refractivity contribution in [2.75, 3.05) is 0 Å². The summed E-state index contributed by atoms with van der Waals surface area (Å²) < 4.78 is 14.6. The van der Waals surface area contributed by atoms with Crippen LogP contribution in [0.5, 0.6) is 0 Å². The summed E-state index contributed by atoms with van der Waals surface area (Å²) in [4.78, 5) is 11.1. The Labute approximate surface area is 93.3 Å². The second-order valence-corrected chi connectivity index (χ2v) is 3.76. The maximum atomic E-state index is 12.7. The summed E-state index contributed by atoms with van der Waals surface area (Å²) in [6.07, 6.45) is 3.64. The number of hydrogen-bond acceptors (Lipinski definition) is 1. The summed E-state index contributed by atoms with van der Waals surface area (Å²) in [5, 5.41) is 0. The summed E-state index contributed by atoms with van der Waals surface area (Å²) in [6, 6.07) is 8.13. The molecule has 0 fully saturated rings. The Kier molecular flexibility index (Phi) is 2.86. The number of rotatable bonds is 3. The molecular weight excluding hydrogens is 205 g/mol. The molecule has 2 rings (SSSR count). The van der Waals surface area contributed by atoms with E-state index in [2.05, 4.69) is 0 Å². The number of ketones is 1. The third kappa shape index (κ3) is 2.37. The number of Topliss-reactive ketones (excluding diaryl/α,β-unsaturated/α-hetero) is 1. The SMILES string of the molecule is CC(=O)c1ccn(Cc2ccc(F)cc2)c1. The van der Waals surface area contributed by atoms with E-state index in [1.807, 2.05) is 10.8 Å². The van der Waals surface area contributed by atoms with Gasteiger partial charge in [0.15, 0.2) is 5.78 Å². The first-order valence-corrected chi connectivity index (χ1v) is 5.06. The Hall–Kier alpha value is -1.90. The monoisotopic (exact) mass is 217 g/mol. The first kappa shape index (κ1) is 10.6. The van der Waals surface area contributed by atoms with Gasteiger partial charge in [-0.15, -0.1) is 0 Å². The highest BCUT2D eigenvalue weighted by Crippen LogP contribution is 2.08. The van der Waals surface area contributed by atoms with Gasteiger partial charge in [0.05, 0.1) is 0 Å². The zero-order valence-corrected chi connectivity index (χ0v) is 8.98. The minimum atomic E-state index is -0.235. The average Bonchev–Trinajstić information content (AvgIpc) is 2.70. The molecule has 0 spiro atoms. The molecule has 0 atom stereocenters. The average molecular weight is 217 g/mol. The van der Waals surface area contributed by atoms with Crippen molar-refractivity contribution in [3.05, 3.63) is 59.7 Å². The van der Waals surface area contributed by atoms with Gasteiger partial charge in [0.2, 0.25) is 0 Å². The van der Waals surface area contributed by atoms with Gasteiger partial charge in [0.1, 0.15) is 5.82 Å². The topological polar surface area (TPSA) is 22.0 Å². The molecule has 3 heteroatoms. The van der Waals surface area contributed by atoms with Crippen molar-refractivity contribution in [1.82, 2.24) is 4.57 Å². The molecule has 2 nitrogen and oxygen atoms in total. The Morgan fingerprint density at radius 2 is 1.94 bits per heavy atom. The number of halogens is 1. The van der Waals surface area contributed by atoms with Crippen molar-refractivity contribution >= 4 is 5.78 Å². The number of carbonyl (C=O) groups excluding carboxylic acids is 1. The summed E-state index contributed by atoms with van der Waals surface area (Å²) in [5.74, 6) is -0.182. The van der Waals surface area contributed by atoms with Crippen molar-refractivity contribution in [3.63, 3.8) is 0 Å². The lowest BCUT2D eigenvalue weighted by atomic mass is 10.2. The highest BCUT2D eigenvalue weighted by molar-refractivity contribution is 5.93. The highest BCUT2D eigenvalue weighted by atomic mass is 19.1. The maximum absolute atomic E-state index is 12.7. The first-order chi connectivity index (χ1) is 7.65. The van der Waals surface area contributed by atoms with E-state index in [0.29, 0.717) is 12.1 Å². The summed E-state index contributed by atoms with van der Waals surface area (Å²) in [7, 11) is 0. The molecule has 0 aliphatic heterocycles. The molecule has 0 bridgehead atoms. The first-order valence-electron chi connectivity index (χ1n) is 5.06. The fourth-order valence-corrected chi connectivity index (χ4v) is 1.55. The van der Waals surface area contributed by atoms with E-state index in [1.54, 1.807) is 24.4 Å². The number of aromatic nitrogens is 1. The van der Waals surface area contributed by atoms with E-state index in [1.165, 1.54) is 19.1 Å². The van der Waals surface area contributed by atoms with E-state index in [-0.39, 0.29) is 11.6 Å². The van der Waals surface area contributed by atoms with Crippen LogP contribution in [0.2, 0.25) is 0 Å². The molecule has 0 saturated heterocycles. The van der Waals surface area contributed by atoms with Gasteiger partial charge < -0.3 is 4.57 Å². The van der Waals surface area contributed by atoms with Gasteiger partial charge in [-0.2, -0.15) is 0 Å². The molecule has 1 aromatic carbocycles. The number of benzene rings is 1. The minimum Gasteiger partial charge on any atom is -0.349 e. The van der Waals surface area contributed by atoms with Crippen molar-refractivity contribution in [3.8, 4) is 0 Å². The van der Waals surface area contributed by atoms with Crippen LogP contribution in [-0.2, 0) is 6.54 Å². The molecule has 0 unspecified atom stereocenters. The quantitative estimate of drug-likeness (QED) is 0.724. The zero-order valence-electron chi connectivity index (χ0n) is 8.98. The van der Waals surface area contributed by atoms with E-state index < -0.39 is 0 Å². The molecule has 1 heterocycles. The molecule has 0 amide bonds. The second-order valence-electron chi connectivity index (χ2n) is 3.76. The standard InChI is InChI=1S/C13H12FNO/c1-10(16)12-6-7-15(9-12)8-11-2-4-13(14)5-3-11/h2-7,9H,8H2,1H3. The molecule has 16 heavy (non-hydrogen) atoms. The van der Waals surface area contributed by atoms with Crippen LogP contribution in [-0.4, -0.2) is 10.4 Å². The summed E-state index contributed by atoms with van der Waals surface area (Å²) >= 11 is 0. The predicted molar refractivity (Wildman–Crippen MR) is 59.9 cm³/mol. The van der Waals surface area contributed by atoms with Gasteiger partial charge in [-0.05, 0) is 30.7 Å². The molecule has 0 radical (unpaired) electrons. The van der Waals surface area contributed by atoms with E-state index in [4.69, 9.17) is 0 Å². The Morgan fingerprint density at radius 3 is 2.50 bits per heavy atom. The van der Waals surface area contributed by atoms with Crippen LogP contribution in [0.1, 0.15) is 22.8 Å². The number of hydrogen-bond donors (Lipinski definition) is 0. The van der Waals surface area contributed by atoms with Crippen molar-refractivity contribution < 1.29 is 9.18 Å². The molecule has 0 aliphatic rings. The molecule has 0 N–H and O–H groups in total. The van der Waals surface area contributed by atoms with E-state index in [0.717, 1.165) is 5.56 Å². The zero-order chi connectivity index (χ0) is 11.5. The molecule has 1 aromatic heterocycles. The van der Waals surface area contributed by atoms with Crippen LogP contribution in [0, 0.1) is 5.82 Å². The summed E-state index contributed by atoms with van der Waals surface area (Å²) in [6.45, 7) is 2.19. The molecule has 82 valence electrons. The van der Waals surface area contributed by atoms with Crippen LogP contribution >= 0.6 is 0 Å². The van der Waals surface area contributed by atoms with Gasteiger partial charge in [-0.3, -0.25) is 4.79 Å². The Balaban J connectivity index is 2.14. The third-order valence-corrected chi connectivity index (χ3v) is 2.44. The van der Waals surface area contributed by atoms with Gasteiger partial charge in [-0.1, -0.05) is 12.1 Å². The fourth-order valence-electron chi connectivity index (χ4n) is 1.55. The predicted octanol–water partition coefficient (Wildman–Crippen LogP) is 2.88. The lowest BCUT2D eigenvalue weighted by Crippen LogP contribution is -1.97. The third-order valence-electron chi connectivity index (χ3n) is 2.44. The Bertz CT molecular complexity index is 499. The smallest absolute Gasteiger partial charge is 0.161 e. The summed E-state index contributed by atoms with van der Waals surface area (Å²) in [5.41, 5.74) is 1.70. The van der Waals surface area contributed by atoms with Crippen molar-refractivity contribution in [2.24, 2.45) is 0 Å². The fraction of sp³-hybridized carbons (Fsp3) is 0.154. The minimum absolute atomic E-state index is 0.0536. The van der Waals surface area contributed by atoms with Gasteiger partial charge in [0, 0.05) is 24.5 Å². The number of carbonyl (C=O) groups is 1. The molecule has 2 aromatic rings. The van der Waals surface area contributed by atoms with Gasteiger partial charge >= 0.3 is 0 Å². The van der Waals surface area contributed by atoms with Gasteiger partial charge in [-0.25, -0.2) is 4.39 Å². The maximum Gasteiger partial charge on any atom is 0.161 e. The van der Waals surface area contributed by atoms with Gasteiger partial charge in [0.25, 0.3) is 0 Å². The van der Waals surface area contributed by atoms with Crippen LogP contribution < -0.4 is 0 Å². The molecular formula is C13H12FNO. The van der Waals surface area contributed by atoms with Crippen LogP contribution in [0.15, 0.2) is 42.7 Å². The lowest BCUT2D eigenvalue weighted by Gasteiger charge is -2.02.